The van der Waals surface area contributed by atoms with Crippen molar-refractivity contribution in [2.24, 2.45) is 5.92 Å². The van der Waals surface area contributed by atoms with Gasteiger partial charge in [-0.05, 0) is 30.0 Å². The molecule has 1 aliphatic rings. The van der Waals surface area contributed by atoms with Gasteiger partial charge in [-0.3, -0.25) is 4.79 Å². The molecule has 3 heteroatoms. The molecule has 1 saturated heterocycles. The molecule has 2 N–H and O–H groups in total. The molecule has 1 aliphatic heterocycles. The Hall–Kier alpha value is -2.13. The van der Waals surface area contributed by atoms with Crippen LogP contribution >= 0.6 is 0 Å². The van der Waals surface area contributed by atoms with Crippen molar-refractivity contribution in [1.29, 1.82) is 0 Å². The lowest BCUT2D eigenvalue weighted by Gasteiger charge is -2.29. The highest BCUT2D eigenvalue weighted by Crippen LogP contribution is 2.27. The fourth-order valence-corrected chi connectivity index (χ4v) is 2.89. The summed E-state index contributed by atoms with van der Waals surface area (Å²) in [6.45, 7) is 1.70. The fraction of sp³-hybridized carbons (Fsp3) is 0.278. The molecule has 0 aliphatic carbocycles. The molecule has 0 aromatic heterocycles. The van der Waals surface area contributed by atoms with Crippen molar-refractivity contribution in [1.82, 2.24) is 5.32 Å². The van der Waals surface area contributed by atoms with Crippen LogP contribution in [0.2, 0.25) is 0 Å². The second kappa shape index (κ2) is 6.55. The van der Waals surface area contributed by atoms with Crippen LogP contribution in [0.1, 0.15) is 17.9 Å². The van der Waals surface area contributed by atoms with Gasteiger partial charge in [0.2, 0.25) is 5.91 Å². The Morgan fingerprint density at radius 2 is 1.62 bits per heavy atom. The number of nitrogens with one attached hydrogen (secondary N) is 2. The van der Waals surface area contributed by atoms with Gasteiger partial charge in [0.25, 0.3) is 0 Å². The number of benzene rings is 2. The zero-order valence-electron chi connectivity index (χ0n) is 12.0. The van der Waals surface area contributed by atoms with Gasteiger partial charge >= 0.3 is 0 Å². The summed E-state index contributed by atoms with van der Waals surface area (Å²) in [7, 11) is 0. The topological polar surface area (TPSA) is 41.1 Å². The van der Waals surface area contributed by atoms with Gasteiger partial charge in [-0.25, -0.2) is 0 Å². The molecule has 21 heavy (non-hydrogen) atoms. The van der Waals surface area contributed by atoms with E-state index in [0.29, 0.717) is 5.92 Å². The summed E-state index contributed by atoms with van der Waals surface area (Å²) >= 11 is 0. The standard InChI is InChI=1S/C18H20N2O/c21-18(20-17-9-5-2-6-10-17)16-11-15(12-19-13-16)14-7-3-1-4-8-14/h1-10,15-16,19H,11-13H2,(H,20,21). The first-order chi connectivity index (χ1) is 10.3. The molecule has 1 fully saturated rings. The first-order valence-corrected chi connectivity index (χ1v) is 7.44. The number of piperidine rings is 1. The van der Waals surface area contributed by atoms with E-state index in [0.717, 1.165) is 25.2 Å². The molecule has 2 atom stereocenters. The normalized spacial score (nSPS) is 21.7. The van der Waals surface area contributed by atoms with Crippen molar-refractivity contribution < 1.29 is 4.79 Å². The lowest BCUT2D eigenvalue weighted by Crippen LogP contribution is -2.40. The van der Waals surface area contributed by atoms with Gasteiger partial charge in [-0.2, -0.15) is 0 Å². The van der Waals surface area contributed by atoms with Crippen LogP contribution in [0.3, 0.4) is 0 Å². The van der Waals surface area contributed by atoms with E-state index in [9.17, 15) is 4.79 Å². The van der Waals surface area contributed by atoms with E-state index < -0.39 is 0 Å². The van der Waals surface area contributed by atoms with Gasteiger partial charge in [0, 0.05) is 18.8 Å². The predicted molar refractivity (Wildman–Crippen MR) is 85.2 cm³/mol. The van der Waals surface area contributed by atoms with Crippen LogP contribution < -0.4 is 10.6 Å². The van der Waals surface area contributed by atoms with Crippen LogP contribution in [-0.2, 0) is 4.79 Å². The van der Waals surface area contributed by atoms with E-state index in [-0.39, 0.29) is 11.8 Å². The van der Waals surface area contributed by atoms with Gasteiger partial charge in [0.15, 0.2) is 0 Å². The highest BCUT2D eigenvalue weighted by molar-refractivity contribution is 5.92. The molecule has 3 nitrogen and oxygen atoms in total. The van der Waals surface area contributed by atoms with Crippen LogP contribution in [0, 0.1) is 5.92 Å². The molecule has 2 aromatic carbocycles. The van der Waals surface area contributed by atoms with Crippen LogP contribution in [0.15, 0.2) is 60.7 Å². The number of anilines is 1. The van der Waals surface area contributed by atoms with Gasteiger partial charge in [0.05, 0.1) is 5.92 Å². The van der Waals surface area contributed by atoms with Gasteiger partial charge in [-0.1, -0.05) is 48.5 Å². The average molecular weight is 280 g/mol. The minimum Gasteiger partial charge on any atom is -0.326 e. The Morgan fingerprint density at radius 3 is 2.33 bits per heavy atom. The summed E-state index contributed by atoms with van der Waals surface area (Å²) in [5, 5.41) is 6.39. The first kappa shape index (κ1) is 13.8. The van der Waals surface area contributed by atoms with E-state index in [1.807, 2.05) is 36.4 Å². The number of para-hydroxylation sites is 1. The zero-order valence-corrected chi connectivity index (χ0v) is 12.0. The molecule has 3 rings (SSSR count). The summed E-state index contributed by atoms with van der Waals surface area (Å²) in [6.07, 6.45) is 0.898. The van der Waals surface area contributed by atoms with E-state index in [2.05, 4.69) is 34.9 Å². The summed E-state index contributed by atoms with van der Waals surface area (Å²) in [5.41, 5.74) is 2.17. The Kier molecular flexibility index (Phi) is 4.31. The fourth-order valence-electron chi connectivity index (χ4n) is 2.89. The Balaban J connectivity index is 1.64. The SMILES string of the molecule is O=C(Nc1ccccc1)C1CNCC(c2ccccc2)C1. The lowest BCUT2D eigenvalue weighted by molar-refractivity contribution is -0.120. The monoisotopic (exact) mass is 280 g/mol. The minimum atomic E-state index is 0.0177. The maximum atomic E-state index is 12.4. The molecule has 0 spiro atoms. The second-order valence-corrected chi connectivity index (χ2v) is 5.55. The highest BCUT2D eigenvalue weighted by atomic mass is 16.1. The van der Waals surface area contributed by atoms with Gasteiger partial charge < -0.3 is 10.6 Å². The van der Waals surface area contributed by atoms with Crippen LogP contribution in [0.5, 0.6) is 0 Å². The summed E-state index contributed by atoms with van der Waals surface area (Å²) < 4.78 is 0. The van der Waals surface area contributed by atoms with Crippen LogP contribution in [0.25, 0.3) is 0 Å². The Labute approximate surface area is 125 Å². The third-order valence-corrected chi connectivity index (χ3v) is 4.03. The minimum absolute atomic E-state index is 0.0177. The largest absolute Gasteiger partial charge is 0.326 e. The van der Waals surface area contributed by atoms with Crippen molar-refractivity contribution in [3.63, 3.8) is 0 Å². The highest BCUT2D eigenvalue weighted by Gasteiger charge is 2.27. The van der Waals surface area contributed by atoms with Gasteiger partial charge in [-0.15, -0.1) is 0 Å². The van der Waals surface area contributed by atoms with Crippen LogP contribution in [-0.4, -0.2) is 19.0 Å². The third-order valence-electron chi connectivity index (χ3n) is 4.03. The number of rotatable bonds is 3. The van der Waals surface area contributed by atoms with E-state index >= 15 is 0 Å². The van der Waals surface area contributed by atoms with Crippen molar-refractivity contribution in [3.8, 4) is 0 Å². The molecular formula is C18H20N2O. The molecular weight excluding hydrogens is 260 g/mol. The number of carbonyl (C=O) groups excluding carboxylic acids is 1. The first-order valence-electron chi connectivity index (χ1n) is 7.44. The van der Waals surface area contributed by atoms with Crippen LogP contribution in [0.4, 0.5) is 5.69 Å². The quantitative estimate of drug-likeness (QED) is 0.907. The van der Waals surface area contributed by atoms with E-state index in [1.54, 1.807) is 0 Å². The lowest BCUT2D eigenvalue weighted by atomic mass is 9.85. The van der Waals surface area contributed by atoms with Gasteiger partial charge in [0.1, 0.15) is 0 Å². The van der Waals surface area contributed by atoms with Crippen molar-refractivity contribution in [3.05, 3.63) is 66.2 Å². The molecule has 2 aromatic rings. The smallest absolute Gasteiger partial charge is 0.228 e. The van der Waals surface area contributed by atoms with E-state index in [1.165, 1.54) is 5.56 Å². The summed E-state index contributed by atoms with van der Waals surface area (Å²) in [6, 6.07) is 20.1. The Morgan fingerprint density at radius 1 is 0.952 bits per heavy atom. The molecule has 2 unspecified atom stereocenters. The average Bonchev–Trinajstić information content (AvgIpc) is 2.57. The number of hydrogen-bond acceptors (Lipinski definition) is 2. The Bertz CT molecular complexity index is 583. The van der Waals surface area contributed by atoms with Crippen molar-refractivity contribution >= 4 is 11.6 Å². The predicted octanol–water partition coefficient (Wildman–Crippen LogP) is 3.02. The van der Waals surface area contributed by atoms with E-state index in [4.69, 9.17) is 0 Å². The molecule has 0 radical (unpaired) electrons. The zero-order chi connectivity index (χ0) is 14.5. The number of hydrogen-bond donors (Lipinski definition) is 2. The molecule has 108 valence electrons. The molecule has 0 saturated carbocycles. The number of amides is 1. The third kappa shape index (κ3) is 3.50. The van der Waals surface area contributed by atoms with Crippen molar-refractivity contribution in [2.75, 3.05) is 18.4 Å². The molecule has 1 amide bonds. The maximum absolute atomic E-state index is 12.4. The maximum Gasteiger partial charge on any atom is 0.228 e. The molecule has 1 heterocycles. The van der Waals surface area contributed by atoms with Crippen molar-refractivity contribution in [2.45, 2.75) is 12.3 Å². The second-order valence-electron chi connectivity index (χ2n) is 5.55. The number of carbonyl (C=O) groups is 1. The molecule has 0 bridgehead atoms. The summed E-state index contributed by atoms with van der Waals surface area (Å²) in [4.78, 5) is 12.4. The summed E-state index contributed by atoms with van der Waals surface area (Å²) in [5.74, 6) is 0.532.